The molecule has 0 aliphatic heterocycles. The maximum Gasteiger partial charge on any atom is 0.251 e. The number of anilines is 2. The van der Waals surface area contributed by atoms with Gasteiger partial charge in [-0.3, -0.25) is 4.79 Å². The van der Waals surface area contributed by atoms with E-state index in [1.54, 1.807) is 18.0 Å². The molecule has 8 nitrogen and oxygen atoms in total. The molecule has 0 saturated heterocycles. The van der Waals surface area contributed by atoms with Crippen molar-refractivity contribution in [3.63, 3.8) is 0 Å². The Morgan fingerprint density at radius 3 is 2.77 bits per heavy atom. The van der Waals surface area contributed by atoms with Crippen LogP contribution in [0.3, 0.4) is 0 Å². The van der Waals surface area contributed by atoms with E-state index < -0.39 is 0 Å². The molecule has 1 amide bonds. The Hall–Kier alpha value is -2.81. The third-order valence-corrected chi connectivity index (χ3v) is 5.14. The van der Waals surface area contributed by atoms with Gasteiger partial charge < -0.3 is 15.5 Å². The summed E-state index contributed by atoms with van der Waals surface area (Å²) < 4.78 is 1.82. The Morgan fingerprint density at radius 1 is 1.27 bits per heavy atom. The van der Waals surface area contributed by atoms with E-state index in [0.29, 0.717) is 18.7 Å². The van der Waals surface area contributed by atoms with Crippen LogP contribution in [0.4, 0.5) is 11.5 Å². The second kappa shape index (κ2) is 9.80. The molecule has 0 fully saturated rings. The minimum Gasteiger partial charge on any atom is -0.378 e. The molecule has 0 spiro atoms. The lowest BCUT2D eigenvalue weighted by Gasteiger charge is -2.13. The average Bonchev–Trinajstić information content (AvgIpc) is 3.11. The van der Waals surface area contributed by atoms with Gasteiger partial charge in [0.25, 0.3) is 5.91 Å². The lowest BCUT2D eigenvalue weighted by atomic mass is 10.2. The molecule has 3 rings (SSSR count). The molecule has 0 unspecified atom stereocenters. The monoisotopic (exact) mass is 427 g/mol. The number of nitrogens with zero attached hydrogens (tertiary/aromatic N) is 5. The van der Waals surface area contributed by atoms with Crippen molar-refractivity contribution >= 4 is 40.2 Å². The van der Waals surface area contributed by atoms with E-state index in [2.05, 4.69) is 46.5 Å². The van der Waals surface area contributed by atoms with Crippen molar-refractivity contribution < 1.29 is 4.79 Å². The van der Waals surface area contributed by atoms with Gasteiger partial charge in [0.2, 0.25) is 0 Å². The maximum atomic E-state index is 12.5. The van der Waals surface area contributed by atoms with Crippen LogP contribution >= 0.6 is 11.8 Å². The molecule has 30 heavy (non-hydrogen) atoms. The highest BCUT2D eigenvalue weighted by atomic mass is 32.2. The first-order chi connectivity index (χ1) is 14.4. The van der Waals surface area contributed by atoms with E-state index in [-0.39, 0.29) is 11.9 Å². The third kappa shape index (κ3) is 5.21. The summed E-state index contributed by atoms with van der Waals surface area (Å²) in [5, 5.41) is 12.4. The number of hydrogen-bond acceptors (Lipinski definition) is 7. The molecule has 0 aliphatic rings. The zero-order valence-electron chi connectivity index (χ0n) is 18.1. The molecule has 9 heteroatoms. The number of hydrogen-bond donors (Lipinski definition) is 2. The van der Waals surface area contributed by atoms with Crippen molar-refractivity contribution in [1.82, 2.24) is 25.1 Å². The van der Waals surface area contributed by atoms with Crippen LogP contribution in [0.5, 0.6) is 0 Å². The molecule has 0 aliphatic carbocycles. The molecule has 0 radical (unpaired) electrons. The minimum absolute atomic E-state index is 0.103. The molecule has 160 valence electrons. The fraction of sp³-hybridized carbons (Fsp3) is 0.429. The van der Waals surface area contributed by atoms with Gasteiger partial charge >= 0.3 is 0 Å². The largest absolute Gasteiger partial charge is 0.378 e. The van der Waals surface area contributed by atoms with Crippen LogP contribution in [-0.2, 0) is 6.54 Å². The molecular weight excluding hydrogens is 398 g/mol. The van der Waals surface area contributed by atoms with E-state index in [4.69, 9.17) is 0 Å². The summed E-state index contributed by atoms with van der Waals surface area (Å²) in [7, 11) is 3.91. The van der Waals surface area contributed by atoms with Crippen molar-refractivity contribution in [2.75, 3.05) is 36.6 Å². The average molecular weight is 428 g/mol. The van der Waals surface area contributed by atoms with Gasteiger partial charge in [-0.05, 0) is 37.8 Å². The second-order valence-electron chi connectivity index (χ2n) is 7.39. The Balaban J connectivity index is 1.73. The van der Waals surface area contributed by atoms with E-state index >= 15 is 0 Å². The second-order valence-corrected chi connectivity index (χ2v) is 8.62. The maximum absolute atomic E-state index is 12.5. The predicted molar refractivity (Wildman–Crippen MR) is 124 cm³/mol. The first kappa shape index (κ1) is 21.9. The Bertz CT molecular complexity index is 1020. The van der Waals surface area contributed by atoms with E-state index in [1.807, 2.05) is 47.9 Å². The number of amides is 1. The highest BCUT2D eigenvalue weighted by molar-refractivity contribution is 7.99. The number of carbonyl (C=O) groups excluding carboxylic acids is 1. The highest BCUT2D eigenvalue weighted by Gasteiger charge is 2.14. The van der Waals surface area contributed by atoms with Gasteiger partial charge in [-0.25, -0.2) is 14.6 Å². The number of carbonyl (C=O) groups is 1. The van der Waals surface area contributed by atoms with Gasteiger partial charge in [-0.1, -0.05) is 24.8 Å². The summed E-state index contributed by atoms with van der Waals surface area (Å²) in [6, 6.07) is 7.81. The Kier molecular flexibility index (Phi) is 7.15. The molecule has 2 N–H and O–H groups in total. The quantitative estimate of drug-likeness (QED) is 0.400. The summed E-state index contributed by atoms with van der Waals surface area (Å²) in [5.41, 5.74) is 2.40. The van der Waals surface area contributed by atoms with E-state index in [1.165, 1.54) is 0 Å². The van der Waals surface area contributed by atoms with E-state index in [9.17, 15) is 4.79 Å². The third-order valence-electron chi connectivity index (χ3n) is 4.41. The smallest absolute Gasteiger partial charge is 0.251 e. The number of thioether (sulfide) groups is 1. The first-order valence-corrected chi connectivity index (χ1v) is 11.1. The molecule has 3 aromatic rings. The van der Waals surface area contributed by atoms with Crippen LogP contribution in [0.25, 0.3) is 11.0 Å². The number of benzene rings is 1. The lowest BCUT2D eigenvalue weighted by Crippen LogP contribution is -2.27. The van der Waals surface area contributed by atoms with Gasteiger partial charge in [0.15, 0.2) is 10.8 Å². The first-order valence-electron chi connectivity index (χ1n) is 10.1. The van der Waals surface area contributed by atoms with Crippen molar-refractivity contribution in [3.05, 3.63) is 36.0 Å². The Morgan fingerprint density at radius 2 is 2.07 bits per heavy atom. The predicted octanol–water partition coefficient (Wildman–Crippen LogP) is 3.25. The van der Waals surface area contributed by atoms with Crippen molar-refractivity contribution in [1.29, 1.82) is 0 Å². The fourth-order valence-corrected chi connectivity index (χ4v) is 3.54. The van der Waals surface area contributed by atoms with Crippen LogP contribution in [0.2, 0.25) is 0 Å². The van der Waals surface area contributed by atoms with Crippen molar-refractivity contribution in [2.24, 2.45) is 0 Å². The summed E-state index contributed by atoms with van der Waals surface area (Å²) >= 11 is 1.60. The number of aromatic nitrogens is 4. The van der Waals surface area contributed by atoms with Crippen LogP contribution in [0.15, 0.2) is 35.6 Å². The molecule has 0 atom stereocenters. The summed E-state index contributed by atoms with van der Waals surface area (Å²) in [6.07, 6.45) is 1.78. The van der Waals surface area contributed by atoms with Gasteiger partial charge in [0, 0.05) is 37.9 Å². The molecule has 2 heterocycles. The van der Waals surface area contributed by atoms with Crippen molar-refractivity contribution in [2.45, 2.75) is 38.5 Å². The van der Waals surface area contributed by atoms with Gasteiger partial charge in [0.1, 0.15) is 5.82 Å². The molecule has 2 aromatic heterocycles. The molecule has 0 saturated carbocycles. The van der Waals surface area contributed by atoms with Gasteiger partial charge in [0.05, 0.1) is 18.1 Å². The standard InChI is InChI=1S/C21H29N7OS/c1-6-30-21-25-18(24-14(2)3)17-13-23-28(19(17)26-21)11-10-22-20(29)15-8-7-9-16(12-15)27(4)5/h7-9,12-14H,6,10-11H2,1-5H3,(H,22,29)(H,24,25,26). The SMILES string of the molecule is CCSc1nc(NC(C)C)c2cnn(CCNC(=O)c3cccc(N(C)C)c3)c2n1. The lowest BCUT2D eigenvalue weighted by molar-refractivity contribution is 0.0952. The summed E-state index contributed by atoms with van der Waals surface area (Å²) in [5.74, 6) is 1.58. The zero-order chi connectivity index (χ0) is 21.7. The van der Waals surface area contributed by atoms with Crippen molar-refractivity contribution in [3.8, 4) is 0 Å². The fourth-order valence-electron chi connectivity index (χ4n) is 2.98. The Labute approximate surface area is 181 Å². The molecule has 1 aromatic carbocycles. The number of nitrogens with one attached hydrogen (secondary N) is 2. The number of rotatable bonds is 9. The minimum atomic E-state index is -0.103. The van der Waals surface area contributed by atoms with E-state index in [0.717, 1.165) is 33.4 Å². The molecular formula is C21H29N7OS. The normalized spacial score (nSPS) is 11.1. The molecule has 0 bridgehead atoms. The summed E-state index contributed by atoms with van der Waals surface area (Å²) in [6.45, 7) is 7.20. The highest BCUT2D eigenvalue weighted by Crippen LogP contribution is 2.24. The van der Waals surface area contributed by atoms with Crippen LogP contribution in [-0.4, -0.2) is 58.1 Å². The van der Waals surface area contributed by atoms with Crippen LogP contribution in [0, 0.1) is 0 Å². The number of fused-ring (bicyclic) bond motifs is 1. The van der Waals surface area contributed by atoms with Gasteiger partial charge in [-0.2, -0.15) is 5.10 Å². The topological polar surface area (TPSA) is 88.0 Å². The zero-order valence-corrected chi connectivity index (χ0v) is 19.0. The van der Waals surface area contributed by atoms with Crippen LogP contribution in [0.1, 0.15) is 31.1 Å². The summed E-state index contributed by atoms with van der Waals surface area (Å²) in [4.78, 5) is 23.8. The van der Waals surface area contributed by atoms with Crippen LogP contribution < -0.4 is 15.5 Å². The van der Waals surface area contributed by atoms with Gasteiger partial charge in [-0.15, -0.1) is 0 Å².